The van der Waals surface area contributed by atoms with Gasteiger partial charge in [0.15, 0.2) is 0 Å². The summed E-state index contributed by atoms with van der Waals surface area (Å²) in [5, 5.41) is 12.1. The van der Waals surface area contributed by atoms with Crippen molar-refractivity contribution in [1.29, 1.82) is 0 Å². The van der Waals surface area contributed by atoms with Crippen molar-refractivity contribution in [2.24, 2.45) is 5.92 Å². The summed E-state index contributed by atoms with van der Waals surface area (Å²) in [7, 11) is 0. The zero-order valence-electron chi connectivity index (χ0n) is 14.3. The Labute approximate surface area is 148 Å². The molecule has 142 valence electrons. The number of benzene rings is 1. The average Bonchev–Trinajstić information content (AvgIpc) is 2.83. The minimum atomic E-state index is -4.49. The van der Waals surface area contributed by atoms with E-state index in [9.17, 15) is 18.0 Å². The maximum absolute atomic E-state index is 13.4. The van der Waals surface area contributed by atoms with Gasteiger partial charge in [0.1, 0.15) is 0 Å². The highest BCUT2D eigenvalue weighted by atomic mass is 19.4. The molecule has 26 heavy (non-hydrogen) atoms. The molecule has 0 saturated carbocycles. The number of aromatic nitrogens is 2. The molecule has 1 unspecified atom stereocenters. The first kappa shape index (κ1) is 18.5. The highest BCUT2D eigenvalue weighted by Gasteiger charge is 2.34. The molecule has 1 aromatic heterocycles. The lowest BCUT2D eigenvalue weighted by Crippen LogP contribution is -2.28. The monoisotopic (exact) mass is 370 g/mol. The number of nitrogens with zero attached hydrogens (tertiary/aromatic N) is 1. The lowest BCUT2D eigenvalue weighted by Gasteiger charge is -2.26. The second-order valence-corrected chi connectivity index (χ2v) is 6.55. The van der Waals surface area contributed by atoms with Gasteiger partial charge in [-0.2, -0.15) is 13.2 Å². The topological polar surface area (TPSA) is 83.0 Å². The van der Waals surface area contributed by atoms with Crippen molar-refractivity contribution < 1.29 is 17.6 Å². The van der Waals surface area contributed by atoms with Crippen molar-refractivity contribution in [3.63, 3.8) is 0 Å². The van der Waals surface area contributed by atoms with E-state index in [0.717, 1.165) is 38.4 Å². The quantitative estimate of drug-likeness (QED) is 0.770. The molecule has 6 nitrogen and oxygen atoms in total. The standard InChI is InChI=1S/C17H21F3N4O2/c1-10(11-3-2-7-21-8-6-11)22-14-9-12(15-23-24-16(25)26-15)4-5-13(14)17(18,19)20/h4-5,9-11,21-22H,2-3,6-8H2,1H3,(H,24,25)/t10-,11?/m0/s1. The average molecular weight is 370 g/mol. The number of rotatable bonds is 4. The molecule has 0 aliphatic carbocycles. The van der Waals surface area contributed by atoms with Crippen LogP contribution in [0.1, 0.15) is 31.7 Å². The van der Waals surface area contributed by atoms with E-state index >= 15 is 0 Å². The van der Waals surface area contributed by atoms with Gasteiger partial charge >= 0.3 is 11.9 Å². The van der Waals surface area contributed by atoms with Crippen molar-refractivity contribution in [3.8, 4) is 11.5 Å². The lowest BCUT2D eigenvalue weighted by molar-refractivity contribution is -0.137. The zero-order chi connectivity index (χ0) is 18.7. The van der Waals surface area contributed by atoms with E-state index in [0.29, 0.717) is 5.56 Å². The number of H-pyrrole nitrogens is 1. The third-order valence-corrected chi connectivity index (χ3v) is 4.72. The second-order valence-electron chi connectivity index (χ2n) is 6.55. The summed E-state index contributed by atoms with van der Waals surface area (Å²) < 4.78 is 45.0. The molecule has 0 bridgehead atoms. The summed E-state index contributed by atoms with van der Waals surface area (Å²) in [4.78, 5) is 11.1. The van der Waals surface area contributed by atoms with Crippen LogP contribution in [-0.2, 0) is 6.18 Å². The molecule has 2 aromatic rings. The Morgan fingerprint density at radius 3 is 2.81 bits per heavy atom. The molecule has 1 fully saturated rings. The Hall–Kier alpha value is -2.29. The fourth-order valence-electron chi connectivity index (χ4n) is 3.31. The number of hydrogen-bond donors (Lipinski definition) is 3. The van der Waals surface area contributed by atoms with E-state index < -0.39 is 17.5 Å². The molecule has 0 amide bonds. The van der Waals surface area contributed by atoms with Crippen LogP contribution in [0.4, 0.5) is 18.9 Å². The van der Waals surface area contributed by atoms with Crippen molar-refractivity contribution in [1.82, 2.24) is 15.5 Å². The number of alkyl halides is 3. The van der Waals surface area contributed by atoms with Gasteiger partial charge in [0, 0.05) is 17.3 Å². The molecule has 1 aliphatic heterocycles. The maximum atomic E-state index is 13.4. The number of hydrogen-bond acceptors (Lipinski definition) is 5. The minimum absolute atomic E-state index is 0.0367. The molecule has 2 heterocycles. The van der Waals surface area contributed by atoms with Gasteiger partial charge in [0.2, 0.25) is 5.89 Å². The fourth-order valence-corrected chi connectivity index (χ4v) is 3.31. The van der Waals surface area contributed by atoms with Crippen LogP contribution in [-0.4, -0.2) is 29.3 Å². The fraction of sp³-hybridized carbons (Fsp3) is 0.529. The Balaban J connectivity index is 1.90. The van der Waals surface area contributed by atoms with Crippen molar-refractivity contribution in [3.05, 3.63) is 34.3 Å². The van der Waals surface area contributed by atoms with Crippen molar-refractivity contribution >= 4 is 5.69 Å². The van der Waals surface area contributed by atoms with Crippen molar-refractivity contribution in [2.45, 2.75) is 38.4 Å². The van der Waals surface area contributed by atoms with E-state index in [-0.39, 0.29) is 23.5 Å². The third kappa shape index (κ3) is 4.27. The van der Waals surface area contributed by atoms with E-state index in [1.165, 1.54) is 12.1 Å². The van der Waals surface area contributed by atoms with Gasteiger partial charge in [-0.1, -0.05) is 0 Å². The van der Waals surface area contributed by atoms with Crippen LogP contribution in [0.15, 0.2) is 27.4 Å². The largest absolute Gasteiger partial charge is 0.434 e. The van der Waals surface area contributed by atoms with Crippen LogP contribution in [0.25, 0.3) is 11.5 Å². The summed E-state index contributed by atoms with van der Waals surface area (Å²) in [6.07, 6.45) is -1.63. The van der Waals surface area contributed by atoms with E-state index in [1.54, 1.807) is 0 Å². The molecule has 9 heteroatoms. The Morgan fingerprint density at radius 2 is 2.12 bits per heavy atom. The molecule has 3 rings (SSSR count). The normalized spacial score (nSPS) is 19.8. The highest BCUT2D eigenvalue weighted by Crippen LogP contribution is 2.37. The molecule has 2 atom stereocenters. The summed E-state index contributed by atoms with van der Waals surface area (Å²) in [6, 6.07) is 3.42. The third-order valence-electron chi connectivity index (χ3n) is 4.72. The van der Waals surface area contributed by atoms with E-state index in [2.05, 4.69) is 20.8 Å². The van der Waals surface area contributed by atoms with Crippen LogP contribution >= 0.6 is 0 Å². The molecule has 1 aliphatic rings. The van der Waals surface area contributed by atoms with Crippen LogP contribution in [0.5, 0.6) is 0 Å². The molecule has 1 aromatic carbocycles. The van der Waals surface area contributed by atoms with Gasteiger partial charge < -0.3 is 15.1 Å². The SMILES string of the molecule is C[C@H](Nc1cc(-c2n[nH]c(=O)o2)ccc1C(F)(F)F)C1CCCNCC1. The van der Waals surface area contributed by atoms with Gasteiger partial charge in [-0.3, -0.25) is 0 Å². The first-order valence-electron chi connectivity index (χ1n) is 8.59. The van der Waals surface area contributed by atoms with Gasteiger partial charge in [-0.05, 0) is 63.4 Å². The number of halogens is 3. The molecular formula is C17H21F3N4O2. The Bertz CT molecular complexity index is 792. The van der Waals surface area contributed by atoms with Crippen LogP contribution < -0.4 is 16.4 Å². The molecule has 0 radical (unpaired) electrons. The summed E-state index contributed by atoms with van der Waals surface area (Å²) in [5.41, 5.74) is -0.489. The highest BCUT2D eigenvalue weighted by molar-refractivity contribution is 5.65. The van der Waals surface area contributed by atoms with Crippen LogP contribution in [0, 0.1) is 5.92 Å². The van der Waals surface area contributed by atoms with Gasteiger partial charge in [-0.25, -0.2) is 9.89 Å². The summed E-state index contributed by atoms with van der Waals surface area (Å²) in [5.74, 6) is -0.523. The molecule has 1 saturated heterocycles. The van der Waals surface area contributed by atoms with E-state index in [1.807, 2.05) is 6.92 Å². The van der Waals surface area contributed by atoms with Crippen LogP contribution in [0.3, 0.4) is 0 Å². The molecule has 3 N–H and O–H groups in total. The first-order chi connectivity index (χ1) is 12.3. The lowest BCUT2D eigenvalue weighted by atomic mass is 9.92. The second kappa shape index (κ2) is 7.53. The number of anilines is 1. The van der Waals surface area contributed by atoms with Gasteiger partial charge in [0.25, 0.3) is 0 Å². The van der Waals surface area contributed by atoms with Crippen molar-refractivity contribution in [2.75, 3.05) is 18.4 Å². The first-order valence-corrected chi connectivity index (χ1v) is 8.59. The maximum Gasteiger partial charge on any atom is 0.434 e. The number of aromatic amines is 1. The van der Waals surface area contributed by atoms with E-state index in [4.69, 9.17) is 4.42 Å². The molecular weight excluding hydrogens is 349 g/mol. The van der Waals surface area contributed by atoms with Gasteiger partial charge in [0.05, 0.1) is 5.56 Å². The van der Waals surface area contributed by atoms with Crippen LogP contribution in [0.2, 0.25) is 0 Å². The summed E-state index contributed by atoms with van der Waals surface area (Å²) in [6.45, 7) is 3.70. The smallest absolute Gasteiger partial charge is 0.388 e. The minimum Gasteiger partial charge on any atom is -0.388 e. The Morgan fingerprint density at radius 1 is 1.31 bits per heavy atom. The van der Waals surface area contributed by atoms with Gasteiger partial charge in [-0.15, -0.1) is 5.10 Å². The zero-order valence-corrected chi connectivity index (χ0v) is 14.3. The predicted molar refractivity (Wildman–Crippen MR) is 90.9 cm³/mol. The summed E-state index contributed by atoms with van der Waals surface area (Å²) >= 11 is 0. The predicted octanol–water partition coefficient (Wildman–Crippen LogP) is 3.24. The number of nitrogens with one attached hydrogen (secondary N) is 3. The molecule has 0 spiro atoms. The Kier molecular flexibility index (Phi) is 5.36.